The number of ether oxygens (including phenoxy) is 2. The van der Waals surface area contributed by atoms with Crippen LogP contribution in [0.2, 0.25) is 0 Å². The largest absolute Gasteiger partial charge is 2.00 e. The molecule has 301 valence electrons. The summed E-state index contributed by atoms with van der Waals surface area (Å²) in [5.74, 6) is -3.57. The summed E-state index contributed by atoms with van der Waals surface area (Å²) < 4.78 is 17.4. The zero-order valence-corrected chi connectivity index (χ0v) is 31.2. The average molecular weight is 826 g/mol. The topological polar surface area (TPSA) is 308 Å². The third-order valence-corrected chi connectivity index (χ3v) is 10.3. The fraction of sp³-hybridized carbons (Fsp3) is 0.421. The van der Waals surface area contributed by atoms with Crippen LogP contribution in [0.3, 0.4) is 0 Å². The van der Waals surface area contributed by atoms with Gasteiger partial charge in [-0.05, 0) is 61.2 Å². The van der Waals surface area contributed by atoms with Gasteiger partial charge in [-0.15, -0.1) is 0 Å². The Morgan fingerprint density at radius 2 is 1.18 bits per heavy atom. The normalized spacial score (nSPS) is 27.9. The van der Waals surface area contributed by atoms with Crippen molar-refractivity contribution < 1.29 is 97.0 Å². The number of ketones is 1. The number of phenolic OH excluding ortho intramolecular Hbond substituents is 4. The maximum atomic E-state index is 14.1. The Labute approximate surface area is 328 Å². The number of carbonyl (C=O) groups is 1. The molecule has 2 aliphatic rings. The minimum atomic E-state index is -1.91. The van der Waals surface area contributed by atoms with Crippen LogP contribution >= 0.6 is 0 Å². The Hall–Kier alpha value is -4.14. The van der Waals surface area contributed by atoms with Crippen LogP contribution in [-0.2, 0) is 33.0 Å². The second-order valence-corrected chi connectivity index (χ2v) is 14.1. The van der Waals surface area contributed by atoms with Crippen LogP contribution in [-0.4, -0.2) is 129 Å². The van der Waals surface area contributed by atoms with Crippen molar-refractivity contribution in [3.05, 3.63) is 79.5 Å². The average Bonchev–Trinajstić information content (AvgIpc) is 3.10. The van der Waals surface area contributed by atoms with E-state index in [1.165, 1.54) is 32.0 Å². The number of aryl methyl sites for hydroxylation is 3. The van der Waals surface area contributed by atoms with Crippen LogP contribution in [0.25, 0.3) is 22.3 Å². The number of benzene rings is 3. The smallest absolute Gasteiger partial charge is 0.507 e. The molecule has 3 aromatic carbocycles. The third-order valence-electron chi connectivity index (χ3n) is 10.3. The number of carbonyl (C=O) groups excluding carboxylic acids is 1. The zero-order valence-electron chi connectivity index (χ0n) is 30.1. The van der Waals surface area contributed by atoms with E-state index in [2.05, 4.69) is 0 Å². The number of phenols is 4. The first kappa shape index (κ1) is 43.0. The van der Waals surface area contributed by atoms with E-state index in [-0.39, 0.29) is 67.2 Å². The van der Waals surface area contributed by atoms with Crippen molar-refractivity contribution in [2.24, 2.45) is 0 Å². The molecular formula is C38H42MnO17+2. The summed E-state index contributed by atoms with van der Waals surface area (Å²) in [6.07, 6.45) is -17.7. The number of Topliss-reactive ketones (excluding diaryl/α,β-unsaturated/α-hetero) is 1. The summed E-state index contributed by atoms with van der Waals surface area (Å²) in [6, 6.07) is 6.15. The van der Waals surface area contributed by atoms with Crippen molar-refractivity contribution >= 4 is 16.8 Å². The van der Waals surface area contributed by atoms with E-state index >= 15 is 0 Å². The summed E-state index contributed by atoms with van der Waals surface area (Å²) in [6.45, 7) is 2.92. The molecule has 3 heterocycles. The van der Waals surface area contributed by atoms with Gasteiger partial charge < -0.3 is 75.2 Å². The molecule has 56 heavy (non-hydrogen) atoms. The van der Waals surface area contributed by atoms with Gasteiger partial charge in [-0.2, -0.15) is 0 Å². The molecular weight excluding hydrogens is 783 g/mol. The second-order valence-electron chi connectivity index (χ2n) is 14.1. The maximum absolute atomic E-state index is 14.1. The maximum Gasteiger partial charge on any atom is 2.00 e. The quantitative estimate of drug-likeness (QED) is 0.0799. The van der Waals surface area contributed by atoms with Crippen molar-refractivity contribution in [2.45, 2.75) is 88.2 Å². The van der Waals surface area contributed by atoms with Crippen LogP contribution in [0.1, 0.15) is 55.9 Å². The molecule has 0 saturated carbocycles. The number of rotatable bonds is 8. The van der Waals surface area contributed by atoms with Gasteiger partial charge in [0.25, 0.3) is 0 Å². The summed E-state index contributed by atoms with van der Waals surface area (Å²) >= 11 is 0. The molecule has 10 atom stereocenters. The number of aromatic hydroxyl groups is 4. The standard InChI is InChI=1S/C38H42O17.Mn/c1-12-4-15(8-19(44)24-13(2)6-17(42)27(31(24)48)37-34(51)32(49)29(46)22(10-39)54-37)26(16(41)5-12)21-9-20(45)25-14(3)7-18(43)28(36(25)53-21)38-35(52)33(50)30(47)23(11-40)55-38;/h4-7,9,22-23,29-30,32-35,37-43,46-52H,8,10-11H2,1-3H3;/q;+2/t22-,23-,29-,30+,32+,33+,34-,35-,37+,38+;/m1./s1. The van der Waals surface area contributed by atoms with Crippen molar-refractivity contribution in [1.82, 2.24) is 0 Å². The first-order valence-corrected chi connectivity index (χ1v) is 17.2. The molecule has 0 amide bonds. The molecule has 0 spiro atoms. The van der Waals surface area contributed by atoms with E-state index in [1.807, 2.05) is 0 Å². The molecule has 12 N–H and O–H groups in total. The van der Waals surface area contributed by atoms with E-state index in [1.54, 1.807) is 6.92 Å². The first-order valence-electron chi connectivity index (χ1n) is 17.2. The van der Waals surface area contributed by atoms with Crippen LogP contribution in [0.5, 0.6) is 23.0 Å². The molecule has 6 rings (SSSR count). The van der Waals surface area contributed by atoms with Crippen LogP contribution in [0.15, 0.2) is 39.5 Å². The zero-order chi connectivity index (χ0) is 40.4. The predicted octanol–water partition coefficient (Wildman–Crippen LogP) is -0.340. The van der Waals surface area contributed by atoms with Gasteiger partial charge in [0.15, 0.2) is 11.2 Å². The van der Waals surface area contributed by atoms with E-state index in [0.29, 0.717) is 5.56 Å². The molecule has 0 bridgehead atoms. The Kier molecular flexibility index (Phi) is 12.6. The van der Waals surface area contributed by atoms with Gasteiger partial charge in [-0.3, -0.25) is 9.59 Å². The molecule has 2 aliphatic heterocycles. The molecule has 2 saturated heterocycles. The Bertz CT molecular complexity index is 2200. The Morgan fingerprint density at radius 1 is 0.661 bits per heavy atom. The Balaban J connectivity index is 0.00000600. The van der Waals surface area contributed by atoms with Crippen LogP contribution < -0.4 is 5.43 Å². The van der Waals surface area contributed by atoms with Crippen LogP contribution in [0, 0.1) is 20.8 Å². The number of hydrogen-bond acceptors (Lipinski definition) is 17. The molecule has 1 radical (unpaired) electrons. The molecule has 18 heteroatoms. The molecule has 4 aromatic rings. The summed E-state index contributed by atoms with van der Waals surface area (Å²) in [5, 5.41) is 127. The van der Waals surface area contributed by atoms with Gasteiger partial charge in [0.1, 0.15) is 95.4 Å². The fourth-order valence-electron chi connectivity index (χ4n) is 7.56. The van der Waals surface area contributed by atoms with Crippen LogP contribution in [0.4, 0.5) is 0 Å². The van der Waals surface area contributed by atoms with E-state index < -0.39 is 120 Å². The summed E-state index contributed by atoms with van der Waals surface area (Å²) in [4.78, 5) is 27.9. The molecule has 0 aliphatic carbocycles. The molecule has 2 fully saturated rings. The van der Waals surface area contributed by atoms with Gasteiger partial charge in [-0.1, -0.05) is 6.07 Å². The number of aliphatic hydroxyl groups is 8. The molecule has 17 nitrogen and oxygen atoms in total. The molecule has 1 aromatic heterocycles. The minimum Gasteiger partial charge on any atom is -0.507 e. The van der Waals surface area contributed by atoms with E-state index in [0.717, 1.165) is 12.1 Å². The monoisotopic (exact) mass is 825 g/mol. The molecule has 0 unspecified atom stereocenters. The number of aliphatic hydroxyl groups excluding tert-OH is 8. The van der Waals surface area contributed by atoms with Crippen molar-refractivity contribution in [1.29, 1.82) is 0 Å². The summed E-state index contributed by atoms with van der Waals surface area (Å²) in [5.41, 5.74) is -1.54. The third kappa shape index (κ3) is 7.28. The first-order chi connectivity index (χ1) is 25.9. The van der Waals surface area contributed by atoms with Gasteiger partial charge in [-0.25, -0.2) is 0 Å². The van der Waals surface area contributed by atoms with Gasteiger partial charge in [0.2, 0.25) is 0 Å². The van der Waals surface area contributed by atoms with E-state index in [4.69, 9.17) is 13.9 Å². The Morgan fingerprint density at radius 3 is 1.73 bits per heavy atom. The van der Waals surface area contributed by atoms with Crippen molar-refractivity contribution in [3.8, 4) is 34.3 Å². The van der Waals surface area contributed by atoms with Crippen molar-refractivity contribution in [3.63, 3.8) is 0 Å². The predicted molar refractivity (Wildman–Crippen MR) is 189 cm³/mol. The fourth-order valence-corrected chi connectivity index (χ4v) is 7.56. The van der Waals surface area contributed by atoms with Gasteiger partial charge >= 0.3 is 17.1 Å². The van der Waals surface area contributed by atoms with Gasteiger partial charge in [0, 0.05) is 12.5 Å². The SMILES string of the molecule is Cc1cc(O)c(-c2cc(=O)c3c(C)cc(O)c([C@@H]4O[C@H](CO)[C@H](O)[C@H](O)[C@H]4O)c3o2)c(CC(=O)c2c(C)cc(O)c([C@@H]3O[C@H](CO)[C@@H](O)[C@H](O)[C@H]3O)c2O)c1.[Mn+2]. The minimum absolute atomic E-state index is 0. The van der Waals surface area contributed by atoms with E-state index in [9.17, 15) is 70.9 Å². The number of hydrogen-bond donors (Lipinski definition) is 12. The van der Waals surface area contributed by atoms with Gasteiger partial charge in [0.05, 0.1) is 40.9 Å². The number of fused-ring (bicyclic) bond motifs is 1. The van der Waals surface area contributed by atoms with Crippen molar-refractivity contribution in [2.75, 3.05) is 13.2 Å². The second kappa shape index (κ2) is 16.4. The summed E-state index contributed by atoms with van der Waals surface area (Å²) in [7, 11) is 0.